The van der Waals surface area contributed by atoms with Crippen molar-refractivity contribution < 1.29 is 14.3 Å². The summed E-state index contributed by atoms with van der Waals surface area (Å²) in [6.07, 6.45) is 3.70. The molecule has 0 spiro atoms. The third kappa shape index (κ3) is 6.35. The van der Waals surface area contributed by atoms with Gasteiger partial charge in [-0.25, -0.2) is 9.48 Å². The molecule has 1 fully saturated rings. The van der Waals surface area contributed by atoms with Gasteiger partial charge in [0.05, 0.1) is 6.04 Å². The number of hydrogen-bond acceptors (Lipinski definition) is 5. The van der Waals surface area contributed by atoms with E-state index in [1.54, 1.807) is 0 Å². The van der Waals surface area contributed by atoms with E-state index in [0.717, 1.165) is 37.7 Å². The number of hydrogen-bond donors (Lipinski definition) is 2. The summed E-state index contributed by atoms with van der Waals surface area (Å²) in [6, 6.07) is 10.7. The third-order valence-electron chi connectivity index (χ3n) is 6.41. The van der Waals surface area contributed by atoms with Crippen LogP contribution in [0.4, 0.5) is 10.6 Å². The molecule has 1 aromatic heterocycles. The molecule has 0 aliphatic heterocycles. The van der Waals surface area contributed by atoms with Gasteiger partial charge in [-0.1, -0.05) is 23.7 Å². The van der Waals surface area contributed by atoms with Gasteiger partial charge in [0.15, 0.2) is 5.82 Å². The summed E-state index contributed by atoms with van der Waals surface area (Å²) in [6.45, 7) is 5.11. The normalized spacial score (nSPS) is 20.8. The van der Waals surface area contributed by atoms with Gasteiger partial charge in [-0.3, -0.25) is 9.59 Å². The Morgan fingerprint density at radius 3 is 2.58 bits per heavy atom. The largest absolute Gasteiger partial charge is 0.444 e. The Labute approximate surface area is 198 Å². The first-order chi connectivity index (χ1) is 15.5. The summed E-state index contributed by atoms with van der Waals surface area (Å²) in [7, 11) is 0. The Morgan fingerprint density at radius 1 is 1.27 bits per heavy atom. The van der Waals surface area contributed by atoms with Crippen LogP contribution >= 0.6 is 11.6 Å². The van der Waals surface area contributed by atoms with Crippen molar-refractivity contribution in [3.05, 3.63) is 57.3 Å². The van der Waals surface area contributed by atoms with Crippen molar-refractivity contribution in [1.29, 1.82) is 0 Å². The lowest BCUT2D eigenvalue weighted by Crippen LogP contribution is -2.39. The molecule has 0 saturated heterocycles. The molecular formula is C24H31ClN4O4. The van der Waals surface area contributed by atoms with E-state index in [2.05, 4.69) is 16.5 Å². The molecule has 0 unspecified atom stereocenters. The van der Waals surface area contributed by atoms with Crippen LogP contribution in [-0.4, -0.2) is 27.4 Å². The molecule has 0 bridgehead atoms. The van der Waals surface area contributed by atoms with Crippen LogP contribution in [0, 0.1) is 0 Å². The number of carbonyl (C=O) groups excluding carboxylic acids is 2. The van der Waals surface area contributed by atoms with Crippen molar-refractivity contribution in [2.75, 3.05) is 5.32 Å². The van der Waals surface area contributed by atoms with Gasteiger partial charge in [-0.05, 0) is 81.5 Å². The molecule has 3 rings (SSSR count). The minimum Gasteiger partial charge on any atom is -0.444 e. The highest BCUT2D eigenvalue weighted by Gasteiger charge is 2.39. The topological polar surface area (TPSA) is 116 Å². The minimum atomic E-state index is -0.787. The summed E-state index contributed by atoms with van der Waals surface area (Å²) in [5, 5.41) is 7.67. The van der Waals surface area contributed by atoms with E-state index in [-0.39, 0.29) is 22.9 Å². The van der Waals surface area contributed by atoms with Crippen LogP contribution in [0.2, 0.25) is 5.02 Å². The summed E-state index contributed by atoms with van der Waals surface area (Å²) in [4.78, 5) is 35.2. The fourth-order valence-electron chi connectivity index (χ4n) is 4.70. The zero-order valence-corrected chi connectivity index (χ0v) is 20.0. The smallest absolute Gasteiger partial charge is 0.405 e. The molecule has 8 nitrogen and oxygen atoms in total. The molecule has 33 heavy (non-hydrogen) atoms. The number of halogens is 1. The summed E-state index contributed by atoms with van der Waals surface area (Å²) >= 11 is 6.31. The molecule has 1 saturated carbocycles. The predicted octanol–water partition coefficient (Wildman–Crippen LogP) is 4.56. The lowest BCUT2D eigenvalue weighted by atomic mass is 9.65. The average molecular weight is 475 g/mol. The van der Waals surface area contributed by atoms with E-state index >= 15 is 0 Å². The van der Waals surface area contributed by atoms with Crippen LogP contribution < -0.4 is 16.6 Å². The number of ether oxygens (including phenoxy) is 1. The molecule has 1 aliphatic rings. The van der Waals surface area contributed by atoms with Gasteiger partial charge < -0.3 is 15.8 Å². The van der Waals surface area contributed by atoms with Gasteiger partial charge in [0.2, 0.25) is 5.91 Å². The molecule has 2 aromatic rings. The third-order valence-corrected chi connectivity index (χ3v) is 6.64. The number of carbonyl (C=O) groups is 2. The van der Waals surface area contributed by atoms with E-state index in [4.69, 9.17) is 22.1 Å². The molecule has 1 aromatic carbocycles. The molecule has 1 aliphatic carbocycles. The molecule has 3 N–H and O–H groups in total. The Kier molecular flexibility index (Phi) is 7.47. The number of amides is 2. The van der Waals surface area contributed by atoms with E-state index in [9.17, 15) is 14.4 Å². The van der Waals surface area contributed by atoms with Crippen LogP contribution in [0.5, 0.6) is 0 Å². The molecule has 178 valence electrons. The van der Waals surface area contributed by atoms with E-state index in [1.165, 1.54) is 23.7 Å². The Morgan fingerprint density at radius 2 is 1.97 bits per heavy atom. The maximum Gasteiger partial charge on any atom is 0.405 e. The van der Waals surface area contributed by atoms with Gasteiger partial charge in [0.25, 0.3) is 5.56 Å². The van der Waals surface area contributed by atoms with Crippen LogP contribution in [-0.2, 0) is 14.9 Å². The number of nitrogens with one attached hydrogen (secondary N) is 1. The molecule has 1 heterocycles. The molecule has 9 heteroatoms. The first-order valence-corrected chi connectivity index (χ1v) is 11.5. The number of anilines is 1. The van der Waals surface area contributed by atoms with E-state index < -0.39 is 11.7 Å². The number of aromatic nitrogens is 2. The highest BCUT2D eigenvalue weighted by molar-refractivity contribution is 6.30. The fourth-order valence-corrected chi connectivity index (χ4v) is 4.89. The van der Waals surface area contributed by atoms with E-state index in [0.29, 0.717) is 17.3 Å². The van der Waals surface area contributed by atoms with Crippen molar-refractivity contribution in [2.45, 2.75) is 76.4 Å². The highest BCUT2D eigenvalue weighted by Crippen LogP contribution is 2.47. The van der Waals surface area contributed by atoms with Crippen molar-refractivity contribution >= 4 is 29.4 Å². The second-order valence-corrected chi connectivity index (χ2v) is 9.82. The van der Waals surface area contributed by atoms with Crippen molar-refractivity contribution in [1.82, 2.24) is 9.78 Å². The Balaban J connectivity index is 1.84. The van der Waals surface area contributed by atoms with Gasteiger partial charge in [0, 0.05) is 18.0 Å². The van der Waals surface area contributed by atoms with Crippen LogP contribution in [0.3, 0.4) is 0 Å². The predicted molar refractivity (Wildman–Crippen MR) is 127 cm³/mol. The monoisotopic (exact) mass is 474 g/mol. The lowest BCUT2D eigenvalue weighted by Gasteiger charge is -2.42. The number of benzene rings is 1. The van der Waals surface area contributed by atoms with Gasteiger partial charge in [0.1, 0.15) is 5.60 Å². The summed E-state index contributed by atoms with van der Waals surface area (Å²) in [5.74, 6) is 0.122. The average Bonchev–Trinajstić information content (AvgIpc) is 2.73. The molecule has 0 radical (unpaired) electrons. The van der Waals surface area contributed by atoms with Gasteiger partial charge in [-0.2, -0.15) is 5.10 Å². The molecule has 2 amide bonds. The Bertz CT molecular complexity index is 1070. The minimum absolute atomic E-state index is 0.0756. The quantitative estimate of drug-likeness (QED) is 0.610. The zero-order chi connectivity index (χ0) is 24.2. The second-order valence-electron chi connectivity index (χ2n) is 9.39. The number of nitrogens with two attached hydrogens (primary N) is 1. The first-order valence-electron chi connectivity index (χ1n) is 11.1. The zero-order valence-electron chi connectivity index (χ0n) is 19.3. The number of nitrogens with zero attached hydrogens (tertiary/aromatic N) is 2. The number of rotatable bonds is 7. The van der Waals surface area contributed by atoms with Crippen LogP contribution in [0.1, 0.15) is 70.9 Å². The standard InChI is InChI=1S/C24H31ClN4O4/c1-16(30)27-20-7-8-21(31)29(28-20)19-9-11-24(12-10-19,17-5-4-6-18(25)15-17)14-13-23(2,3)33-22(26)32/h4-8,15,19H,9-14H2,1-3H3,(H2,26,32)(H,27,28,30). The van der Waals surface area contributed by atoms with Gasteiger partial charge in [-0.15, -0.1) is 0 Å². The Hall–Kier alpha value is -2.87. The van der Waals surface area contributed by atoms with E-state index in [1.807, 2.05) is 32.0 Å². The molecule has 0 atom stereocenters. The maximum absolute atomic E-state index is 12.5. The maximum atomic E-state index is 12.5. The number of primary amides is 1. The fraction of sp³-hybridized carbons (Fsp3) is 0.500. The van der Waals surface area contributed by atoms with Crippen LogP contribution in [0.25, 0.3) is 0 Å². The van der Waals surface area contributed by atoms with Crippen molar-refractivity contribution in [3.63, 3.8) is 0 Å². The second kappa shape index (κ2) is 9.95. The first kappa shape index (κ1) is 24.8. The van der Waals surface area contributed by atoms with Crippen LogP contribution in [0.15, 0.2) is 41.2 Å². The SMILES string of the molecule is CC(=O)Nc1ccc(=O)n(C2CCC(CCC(C)(C)OC(N)=O)(c3cccc(Cl)c3)CC2)n1. The highest BCUT2D eigenvalue weighted by atomic mass is 35.5. The molecular weight excluding hydrogens is 444 g/mol. The van der Waals surface area contributed by atoms with Crippen molar-refractivity contribution in [2.24, 2.45) is 5.73 Å². The lowest BCUT2D eigenvalue weighted by molar-refractivity contribution is -0.114. The summed E-state index contributed by atoms with van der Waals surface area (Å²) < 4.78 is 6.79. The van der Waals surface area contributed by atoms with Crippen molar-refractivity contribution in [3.8, 4) is 0 Å². The summed E-state index contributed by atoms with van der Waals surface area (Å²) in [5.41, 5.74) is 5.31. The van der Waals surface area contributed by atoms with Gasteiger partial charge >= 0.3 is 6.09 Å².